The molecule has 0 radical (unpaired) electrons. The fraction of sp³-hybridized carbons (Fsp3) is 0.0833. The number of rotatable bonds is 7. The van der Waals surface area contributed by atoms with Crippen LogP contribution in [0.25, 0.3) is 5.32 Å². The molecule has 1 N–H and O–H groups in total. The molecular formula is C24H18N3NiO3-. The van der Waals surface area contributed by atoms with Crippen molar-refractivity contribution >= 4 is 23.3 Å². The largest absolute Gasteiger partial charge is 0.621 e. The number of terminal acetylenes is 1. The molecule has 2 aromatic carbocycles. The maximum atomic E-state index is 12.6. The normalized spacial score (nSPS) is 11.5. The summed E-state index contributed by atoms with van der Waals surface area (Å²) >= 11 is 0. The maximum Gasteiger partial charge on any atom is 0.329 e. The van der Waals surface area contributed by atoms with E-state index in [2.05, 4.69) is 21.2 Å². The van der Waals surface area contributed by atoms with Crippen molar-refractivity contribution in [2.24, 2.45) is 4.99 Å². The second-order valence-corrected chi connectivity index (χ2v) is 6.26. The number of carbonyl (C=O) groups excluding carboxylic acids is 1. The van der Waals surface area contributed by atoms with Crippen molar-refractivity contribution in [3.63, 3.8) is 0 Å². The number of aliphatic carboxylic acids is 1. The molecule has 0 saturated heterocycles. The molecule has 1 aromatic heterocycles. The fourth-order valence-corrected chi connectivity index (χ4v) is 2.78. The summed E-state index contributed by atoms with van der Waals surface area (Å²) in [5.74, 6) is 0.722. The van der Waals surface area contributed by atoms with Gasteiger partial charge in [-0.25, -0.2) is 4.79 Å². The zero-order valence-electron chi connectivity index (χ0n) is 16.3. The van der Waals surface area contributed by atoms with Gasteiger partial charge in [-0.05, 0) is 17.7 Å². The van der Waals surface area contributed by atoms with E-state index in [1.54, 1.807) is 42.5 Å². The Morgan fingerprint density at radius 2 is 1.71 bits per heavy atom. The number of amides is 1. The van der Waals surface area contributed by atoms with Gasteiger partial charge < -0.3 is 15.2 Å². The molecule has 7 heteroatoms. The molecule has 1 atom stereocenters. The molecule has 0 saturated carbocycles. The van der Waals surface area contributed by atoms with E-state index in [0.717, 1.165) is 0 Å². The van der Waals surface area contributed by atoms with E-state index in [1.165, 1.54) is 6.20 Å². The summed E-state index contributed by atoms with van der Waals surface area (Å²) in [6.45, 7) is 0. The van der Waals surface area contributed by atoms with E-state index in [-0.39, 0.29) is 28.6 Å². The zero-order chi connectivity index (χ0) is 21.3. The van der Waals surface area contributed by atoms with E-state index in [1.807, 2.05) is 30.3 Å². The predicted molar refractivity (Wildman–Crippen MR) is 115 cm³/mol. The monoisotopic (exact) mass is 454 g/mol. The van der Waals surface area contributed by atoms with Gasteiger partial charge in [0.15, 0.2) is 6.04 Å². The zero-order valence-corrected chi connectivity index (χ0v) is 17.3. The van der Waals surface area contributed by atoms with Crippen LogP contribution in [0.15, 0.2) is 84.0 Å². The van der Waals surface area contributed by atoms with E-state index < -0.39 is 17.9 Å². The number of carboxylic acids is 1. The maximum absolute atomic E-state index is 12.6. The molecule has 0 fully saturated rings. The van der Waals surface area contributed by atoms with Gasteiger partial charge in [0, 0.05) is 34.7 Å². The fourth-order valence-electron chi connectivity index (χ4n) is 2.78. The van der Waals surface area contributed by atoms with Gasteiger partial charge in [0.05, 0.1) is 11.4 Å². The van der Waals surface area contributed by atoms with Crippen molar-refractivity contribution in [1.29, 1.82) is 0 Å². The van der Waals surface area contributed by atoms with Crippen LogP contribution in [-0.2, 0) is 21.3 Å². The third-order valence-corrected chi connectivity index (χ3v) is 4.19. The molecule has 31 heavy (non-hydrogen) atoms. The topological polar surface area (TPSA) is 93.7 Å². The Hall–Kier alpha value is -3.75. The number of para-hydroxylation sites is 1. The molecule has 0 aliphatic rings. The molecule has 1 amide bonds. The van der Waals surface area contributed by atoms with Gasteiger partial charge in [-0.2, -0.15) is 0 Å². The second kappa shape index (κ2) is 11.4. The average molecular weight is 455 g/mol. The molecule has 0 bridgehead atoms. The number of aliphatic imine (C=N–C) groups is 1. The summed E-state index contributed by atoms with van der Waals surface area (Å²) < 4.78 is 0. The summed E-state index contributed by atoms with van der Waals surface area (Å²) in [4.78, 5) is 32.7. The summed E-state index contributed by atoms with van der Waals surface area (Å²) in [6, 6.07) is 19.9. The smallest absolute Gasteiger partial charge is 0.329 e. The van der Waals surface area contributed by atoms with Crippen LogP contribution < -0.4 is 0 Å². The van der Waals surface area contributed by atoms with Gasteiger partial charge in [-0.3, -0.25) is 9.98 Å². The first kappa shape index (κ1) is 23.5. The van der Waals surface area contributed by atoms with Crippen LogP contribution in [-0.4, -0.2) is 33.7 Å². The predicted octanol–water partition coefficient (Wildman–Crippen LogP) is 4.24. The number of hydrogen-bond donors (Lipinski definition) is 1. The van der Waals surface area contributed by atoms with E-state index in [9.17, 15) is 14.7 Å². The van der Waals surface area contributed by atoms with Crippen LogP contribution in [0.3, 0.4) is 0 Å². The summed E-state index contributed by atoms with van der Waals surface area (Å²) in [6.07, 6.45) is 6.79. The van der Waals surface area contributed by atoms with Crippen molar-refractivity contribution in [1.82, 2.24) is 4.98 Å². The van der Waals surface area contributed by atoms with Gasteiger partial charge in [0.25, 0.3) is 0 Å². The van der Waals surface area contributed by atoms with Gasteiger partial charge >= 0.3 is 5.97 Å². The number of pyridine rings is 1. The van der Waals surface area contributed by atoms with Crippen LogP contribution in [0.2, 0.25) is 0 Å². The molecule has 0 spiro atoms. The summed E-state index contributed by atoms with van der Waals surface area (Å²) in [5, 5.41) is 13.7. The van der Waals surface area contributed by atoms with Gasteiger partial charge in [0.1, 0.15) is 5.91 Å². The molecule has 1 unspecified atom stereocenters. The van der Waals surface area contributed by atoms with Crippen LogP contribution in [0.1, 0.15) is 28.0 Å². The molecule has 158 valence electrons. The third-order valence-electron chi connectivity index (χ3n) is 4.19. The van der Waals surface area contributed by atoms with Gasteiger partial charge in [0.2, 0.25) is 0 Å². The molecule has 3 aromatic rings. The van der Waals surface area contributed by atoms with Crippen molar-refractivity contribution in [3.8, 4) is 12.3 Å². The Labute approximate surface area is 190 Å². The van der Waals surface area contributed by atoms with Crippen LogP contribution in [0.4, 0.5) is 5.69 Å². The van der Waals surface area contributed by atoms with Crippen LogP contribution in [0.5, 0.6) is 0 Å². The number of nitrogens with zero attached hydrogens (tertiary/aromatic N) is 3. The van der Waals surface area contributed by atoms with E-state index in [0.29, 0.717) is 22.5 Å². The molecule has 0 aliphatic heterocycles. The number of aromatic nitrogens is 1. The number of benzene rings is 2. The first-order valence-corrected chi connectivity index (χ1v) is 9.16. The first-order chi connectivity index (χ1) is 14.6. The number of carbonyl (C=O) groups is 2. The molecular weight excluding hydrogens is 437 g/mol. The third kappa shape index (κ3) is 6.12. The SMILES string of the molecule is C#CCC(N=C(c1ccccc1)c1ccccc1[N-]C(=O)c1ccccn1)C(=O)O.[Ni]. The van der Waals surface area contributed by atoms with E-state index >= 15 is 0 Å². The molecule has 1 heterocycles. The molecule has 6 nitrogen and oxygen atoms in total. The minimum absolute atomic E-state index is 0. The average Bonchev–Trinajstić information content (AvgIpc) is 2.78. The van der Waals surface area contributed by atoms with Crippen molar-refractivity contribution in [2.75, 3.05) is 0 Å². The summed E-state index contributed by atoms with van der Waals surface area (Å²) in [7, 11) is 0. The minimum atomic E-state index is -1.12. The standard InChI is InChI=1S/C24H19N3O3.Ni/c1-2-10-21(24(29)30)26-22(17-11-4-3-5-12-17)18-13-6-7-14-19(18)27-23(28)20-15-8-9-16-25-20;/h1,3-9,11-16,21H,10H2,(H2,26,27,28,29,30);/p-1. The first-order valence-electron chi connectivity index (χ1n) is 9.16. The van der Waals surface area contributed by atoms with Crippen molar-refractivity contribution < 1.29 is 31.2 Å². The van der Waals surface area contributed by atoms with Crippen LogP contribution in [0, 0.1) is 12.3 Å². The Kier molecular flexibility index (Phi) is 8.69. The Balaban J connectivity index is 0.00000341. The second-order valence-electron chi connectivity index (χ2n) is 6.26. The molecule has 0 aliphatic carbocycles. The Morgan fingerprint density at radius 3 is 2.35 bits per heavy atom. The van der Waals surface area contributed by atoms with E-state index in [4.69, 9.17) is 6.42 Å². The number of carboxylic acid groups (broad SMARTS) is 1. The molecule has 3 rings (SSSR count). The summed E-state index contributed by atoms with van der Waals surface area (Å²) in [5.41, 5.74) is 2.18. The van der Waals surface area contributed by atoms with Crippen molar-refractivity contribution in [2.45, 2.75) is 12.5 Å². The number of hydrogen-bond acceptors (Lipinski definition) is 4. The van der Waals surface area contributed by atoms with Crippen molar-refractivity contribution in [3.05, 3.63) is 101 Å². The Morgan fingerprint density at radius 1 is 1.03 bits per heavy atom. The van der Waals surface area contributed by atoms with Gasteiger partial charge in [-0.1, -0.05) is 60.7 Å². The quantitative estimate of drug-likeness (QED) is 0.328. The minimum Gasteiger partial charge on any atom is -0.621 e. The van der Waals surface area contributed by atoms with Gasteiger partial charge in [-0.15, -0.1) is 18.0 Å². The Bertz CT molecular complexity index is 1110. The van der Waals surface area contributed by atoms with Crippen LogP contribution >= 0.6 is 0 Å².